The summed E-state index contributed by atoms with van der Waals surface area (Å²) in [5.74, 6) is -1.18. The molecule has 3 N–H and O–H groups in total. The van der Waals surface area contributed by atoms with E-state index in [2.05, 4.69) is 9.97 Å². The monoisotopic (exact) mass is 308 g/mol. The second-order valence-corrected chi connectivity index (χ2v) is 4.93. The Kier molecular flexibility index (Phi) is 3.02. The van der Waals surface area contributed by atoms with E-state index >= 15 is 0 Å². The van der Waals surface area contributed by atoms with Gasteiger partial charge in [0.25, 0.3) is 5.56 Å². The van der Waals surface area contributed by atoms with Crippen LogP contribution in [0.5, 0.6) is 5.88 Å². The SMILES string of the molecule is Nc1nc2c(c(=O)[nH]1)[C@@H](c1cccc(Cl)c1)[C@H]([N+](=O)[O-])O2. The standard InChI is InChI=1S/C12H9ClN4O4/c13-6-3-1-2-5(4-6)7-8-9(18)15-12(14)16-10(8)21-11(7)17(19)20/h1-4,7,11H,(H3,14,15,16,18)/t7-,11-/m1/s1. The highest BCUT2D eigenvalue weighted by molar-refractivity contribution is 6.30. The van der Waals surface area contributed by atoms with Crippen molar-refractivity contribution in [2.24, 2.45) is 0 Å². The highest BCUT2D eigenvalue weighted by atomic mass is 35.5. The third-order valence-electron chi connectivity index (χ3n) is 3.18. The molecule has 0 aliphatic carbocycles. The molecule has 9 heteroatoms. The van der Waals surface area contributed by atoms with Crippen molar-refractivity contribution >= 4 is 17.5 Å². The van der Waals surface area contributed by atoms with Gasteiger partial charge in [-0.1, -0.05) is 23.7 Å². The molecule has 0 radical (unpaired) electrons. The molecule has 1 aromatic carbocycles. The van der Waals surface area contributed by atoms with E-state index in [1.165, 1.54) is 0 Å². The normalized spacial score (nSPS) is 19.9. The number of nitrogen functional groups attached to an aromatic ring is 1. The van der Waals surface area contributed by atoms with Gasteiger partial charge in [0.05, 0.1) is 10.5 Å². The first-order chi connectivity index (χ1) is 9.97. The van der Waals surface area contributed by atoms with E-state index < -0.39 is 22.6 Å². The zero-order valence-electron chi connectivity index (χ0n) is 10.4. The van der Waals surface area contributed by atoms with Crippen LogP contribution in [0.15, 0.2) is 29.1 Å². The number of nitrogens with two attached hydrogens (primary N) is 1. The summed E-state index contributed by atoms with van der Waals surface area (Å²) in [6.07, 6.45) is -1.45. The number of aromatic amines is 1. The van der Waals surface area contributed by atoms with Gasteiger partial charge in [0.1, 0.15) is 5.92 Å². The lowest BCUT2D eigenvalue weighted by Crippen LogP contribution is -2.30. The fourth-order valence-corrected chi connectivity index (χ4v) is 2.56. The van der Waals surface area contributed by atoms with Crippen LogP contribution in [-0.4, -0.2) is 21.1 Å². The average molecular weight is 309 g/mol. The van der Waals surface area contributed by atoms with Crippen LogP contribution < -0.4 is 16.0 Å². The number of nitro groups is 1. The largest absolute Gasteiger partial charge is 0.411 e. The molecule has 0 saturated carbocycles. The molecule has 1 aromatic heterocycles. The number of ether oxygens (including phenoxy) is 1. The highest BCUT2D eigenvalue weighted by Crippen LogP contribution is 2.39. The third kappa shape index (κ3) is 2.19. The summed E-state index contributed by atoms with van der Waals surface area (Å²) >= 11 is 5.91. The summed E-state index contributed by atoms with van der Waals surface area (Å²) in [6, 6.07) is 6.47. The first kappa shape index (κ1) is 13.4. The molecule has 2 heterocycles. The second kappa shape index (κ2) is 4.74. The van der Waals surface area contributed by atoms with Crippen LogP contribution in [-0.2, 0) is 0 Å². The molecule has 0 saturated heterocycles. The molecule has 21 heavy (non-hydrogen) atoms. The quantitative estimate of drug-likeness (QED) is 0.633. The van der Waals surface area contributed by atoms with Gasteiger partial charge in [-0.2, -0.15) is 4.98 Å². The van der Waals surface area contributed by atoms with Gasteiger partial charge in [-0.15, -0.1) is 0 Å². The predicted molar refractivity (Wildman–Crippen MR) is 74.0 cm³/mol. The van der Waals surface area contributed by atoms with Crippen LogP contribution in [0.3, 0.4) is 0 Å². The number of anilines is 1. The van der Waals surface area contributed by atoms with Gasteiger partial charge in [0.15, 0.2) is 0 Å². The third-order valence-corrected chi connectivity index (χ3v) is 3.42. The molecule has 0 spiro atoms. The summed E-state index contributed by atoms with van der Waals surface area (Å²) in [7, 11) is 0. The number of nitrogens with one attached hydrogen (secondary N) is 1. The Hall–Kier alpha value is -2.61. The minimum Gasteiger partial charge on any atom is -0.411 e. The Bertz CT molecular complexity index is 791. The summed E-state index contributed by atoms with van der Waals surface area (Å²) in [5.41, 5.74) is 5.44. The summed E-state index contributed by atoms with van der Waals surface area (Å²) in [4.78, 5) is 28.8. The second-order valence-electron chi connectivity index (χ2n) is 4.50. The van der Waals surface area contributed by atoms with Crippen LogP contribution in [0.1, 0.15) is 17.0 Å². The Morgan fingerprint density at radius 3 is 2.90 bits per heavy atom. The Morgan fingerprint density at radius 1 is 1.48 bits per heavy atom. The van der Waals surface area contributed by atoms with Crippen LogP contribution in [0, 0.1) is 10.1 Å². The fourth-order valence-electron chi connectivity index (χ4n) is 2.36. The molecule has 8 nitrogen and oxygen atoms in total. The molecule has 0 amide bonds. The molecule has 2 aromatic rings. The number of H-pyrrole nitrogens is 1. The van der Waals surface area contributed by atoms with Gasteiger partial charge < -0.3 is 10.5 Å². The summed E-state index contributed by atoms with van der Waals surface area (Å²) in [6.45, 7) is 0. The van der Waals surface area contributed by atoms with Crippen molar-refractivity contribution in [2.45, 2.75) is 12.1 Å². The van der Waals surface area contributed by atoms with Gasteiger partial charge in [0, 0.05) is 5.02 Å². The topological polar surface area (TPSA) is 124 Å². The minimum atomic E-state index is -1.45. The zero-order valence-corrected chi connectivity index (χ0v) is 11.2. The van der Waals surface area contributed by atoms with Crippen molar-refractivity contribution in [1.29, 1.82) is 0 Å². The average Bonchev–Trinajstić information content (AvgIpc) is 2.78. The first-order valence-corrected chi connectivity index (χ1v) is 6.30. The highest BCUT2D eigenvalue weighted by Gasteiger charge is 2.47. The van der Waals surface area contributed by atoms with E-state index in [0.29, 0.717) is 10.6 Å². The van der Waals surface area contributed by atoms with Gasteiger partial charge in [0.2, 0.25) is 11.8 Å². The van der Waals surface area contributed by atoms with Gasteiger partial charge in [-0.05, 0) is 17.7 Å². The maximum atomic E-state index is 12.1. The number of nitrogens with zero attached hydrogens (tertiary/aromatic N) is 2. The van der Waals surface area contributed by atoms with Gasteiger partial charge in [-0.25, -0.2) is 0 Å². The predicted octanol–water partition coefficient (Wildman–Crippen LogP) is 1.13. The van der Waals surface area contributed by atoms with E-state index in [4.69, 9.17) is 22.1 Å². The lowest BCUT2D eigenvalue weighted by atomic mass is 9.93. The number of benzene rings is 1. The number of hydrogen-bond donors (Lipinski definition) is 2. The lowest BCUT2D eigenvalue weighted by molar-refractivity contribution is -0.562. The first-order valence-electron chi connectivity index (χ1n) is 5.92. The van der Waals surface area contributed by atoms with Gasteiger partial charge >= 0.3 is 6.23 Å². The molecule has 0 unspecified atom stereocenters. The molecular weight excluding hydrogens is 300 g/mol. The molecule has 1 aliphatic rings. The van der Waals surface area contributed by atoms with Crippen LogP contribution in [0.25, 0.3) is 0 Å². The molecule has 3 rings (SSSR count). The minimum absolute atomic E-state index is 0.0770. The number of rotatable bonds is 2. The van der Waals surface area contributed by atoms with Gasteiger partial charge in [-0.3, -0.25) is 19.9 Å². The van der Waals surface area contributed by atoms with Crippen molar-refractivity contribution in [3.63, 3.8) is 0 Å². The maximum Gasteiger partial charge on any atom is 0.366 e. The molecule has 2 atom stereocenters. The van der Waals surface area contributed by atoms with Crippen molar-refractivity contribution in [1.82, 2.24) is 9.97 Å². The van der Waals surface area contributed by atoms with E-state index in [-0.39, 0.29) is 17.4 Å². The van der Waals surface area contributed by atoms with Crippen LogP contribution in [0.2, 0.25) is 5.02 Å². The van der Waals surface area contributed by atoms with E-state index in [9.17, 15) is 14.9 Å². The molecular formula is C12H9ClN4O4. The van der Waals surface area contributed by atoms with Crippen molar-refractivity contribution in [3.8, 4) is 5.88 Å². The van der Waals surface area contributed by atoms with E-state index in [1.54, 1.807) is 24.3 Å². The molecule has 0 bridgehead atoms. The van der Waals surface area contributed by atoms with Crippen molar-refractivity contribution in [3.05, 3.63) is 60.9 Å². The number of aromatic nitrogens is 2. The van der Waals surface area contributed by atoms with Crippen molar-refractivity contribution < 1.29 is 9.66 Å². The van der Waals surface area contributed by atoms with Crippen LogP contribution in [0.4, 0.5) is 5.95 Å². The number of hydrogen-bond acceptors (Lipinski definition) is 6. The Labute approximate surface area is 122 Å². The van der Waals surface area contributed by atoms with E-state index in [0.717, 1.165) is 0 Å². The smallest absolute Gasteiger partial charge is 0.366 e. The number of fused-ring (bicyclic) bond motifs is 1. The Morgan fingerprint density at radius 2 is 2.24 bits per heavy atom. The zero-order chi connectivity index (χ0) is 15.1. The molecule has 1 aliphatic heterocycles. The summed E-state index contributed by atoms with van der Waals surface area (Å²) < 4.78 is 5.18. The lowest BCUT2D eigenvalue weighted by Gasteiger charge is -2.11. The van der Waals surface area contributed by atoms with Crippen molar-refractivity contribution in [2.75, 3.05) is 5.73 Å². The Balaban J connectivity index is 2.22. The maximum absolute atomic E-state index is 12.1. The molecule has 108 valence electrons. The van der Waals surface area contributed by atoms with Crippen LogP contribution >= 0.6 is 11.6 Å². The molecule has 0 fully saturated rings. The van der Waals surface area contributed by atoms with E-state index in [1.807, 2.05) is 0 Å². The number of halogens is 1. The summed E-state index contributed by atoms with van der Waals surface area (Å²) in [5, 5.41) is 11.6. The fraction of sp³-hybridized carbons (Fsp3) is 0.167.